The highest BCUT2D eigenvalue weighted by Gasteiger charge is 2.20. The zero-order valence-electron chi connectivity index (χ0n) is 13.9. The first-order valence-electron chi connectivity index (χ1n) is 7.67. The zero-order valence-corrected chi connectivity index (χ0v) is 14.7. The van der Waals surface area contributed by atoms with Gasteiger partial charge in [-0.05, 0) is 31.2 Å². The van der Waals surface area contributed by atoms with Gasteiger partial charge in [-0.2, -0.15) is 8.78 Å². The first kappa shape index (κ1) is 19.7. The summed E-state index contributed by atoms with van der Waals surface area (Å²) in [5.41, 5.74) is 0.0689. The summed E-state index contributed by atoms with van der Waals surface area (Å²) < 4.78 is 34.2. The van der Waals surface area contributed by atoms with Gasteiger partial charge in [-0.15, -0.1) is 11.8 Å². The Bertz CT molecular complexity index is 743. The summed E-state index contributed by atoms with van der Waals surface area (Å²) in [5.74, 6) is -1.33. The van der Waals surface area contributed by atoms with Gasteiger partial charge in [0, 0.05) is 4.90 Å². The number of rotatable bonds is 8. The molecule has 0 aliphatic carbocycles. The minimum atomic E-state index is -3.02. The molecular formula is C18H17F2NO4S. The fourth-order valence-electron chi connectivity index (χ4n) is 1.95. The van der Waals surface area contributed by atoms with Crippen LogP contribution in [0.25, 0.3) is 0 Å². The lowest BCUT2D eigenvalue weighted by molar-refractivity contribution is -0.150. The van der Waals surface area contributed by atoms with Crippen LogP contribution in [0.1, 0.15) is 6.92 Å². The Hall–Kier alpha value is -2.61. The molecule has 0 aliphatic heterocycles. The van der Waals surface area contributed by atoms with Crippen molar-refractivity contribution in [2.75, 3.05) is 11.1 Å². The molecule has 0 bridgehead atoms. The fourth-order valence-corrected chi connectivity index (χ4v) is 2.65. The summed E-state index contributed by atoms with van der Waals surface area (Å²) in [6, 6.07) is 15.0. The number of amides is 1. The summed E-state index contributed by atoms with van der Waals surface area (Å²) >= 11 is 1.29. The number of alkyl halides is 2. The monoisotopic (exact) mass is 381 g/mol. The third-order valence-corrected chi connectivity index (χ3v) is 4.12. The molecule has 0 radical (unpaired) electrons. The lowest BCUT2D eigenvalue weighted by Crippen LogP contribution is -2.30. The number of anilines is 1. The van der Waals surface area contributed by atoms with E-state index in [1.807, 2.05) is 30.3 Å². The molecular weight excluding hydrogens is 364 g/mol. The molecule has 2 aromatic carbocycles. The van der Waals surface area contributed by atoms with Gasteiger partial charge in [0.05, 0.1) is 11.4 Å². The average Bonchev–Trinajstić information content (AvgIpc) is 2.62. The van der Waals surface area contributed by atoms with Crippen molar-refractivity contribution in [2.45, 2.75) is 24.5 Å². The Morgan fingerprint density at radius 1 is 1.08 bits per heavy atom. The molecule has 0 heterocycles. The van der Waals surface area contributed by atoms with E-state index in [1.54, 1.807) is 6.07 Å². The standard InChI is InChI=1S/C18H17F2NO4S/c1-12(24-16(22)11-26-13-7-3-2-4-8-13)17(23)21-14-9-5-6-10-15(14)25-18(19)20/h2-10,12,18H,11H2,1H3,(H,21,23)/t12-/m1/s1. The van der Waals surface area contributed by atoms with Crippen LogP contribution in [0.3, 0.4) is 0 Å². The number of para-hydroxylation sites is 2. The van der Waals surface area contributed by atoms with Gasteiger partial charge < -0.3 is 14.8 Å². The van der Waals surface area contributed by atoms with Crippen LogP contribution in [0.2, 0.25) is 0 Å². The van der Waals surface area contributed by atoms with E-state index in [9.17, 15) is 18.4 Å². The van der Waals surface area contributed by atoms with Crippen molar-refractivity contribution in [2.24, 2.45) is 0 Å². The predicted molar refractivity (Wildman–Crippen MR) is 94.4 cm³/mol. The van der Waals surface area contributed by atoms with E-state index in [0.717, 1.165) is 4.90 Å². The van der Waals surface area contributed by atoms with Crippen LogP contribution in [-0.2, 0) is 14.3 Å². The van der Waals surface area contributed by atoms with E-state index in [-0.39, 0.29) is 17.2 Å². The molecule has 0 spiro atoms. The molecule has 8 heteroatoms. The van der Waals surface area contributed by atoms with Gasteiger partial charge in [-0.25, -0.2) is 0 Å². The topological polar surface area (TPSA) is 64.6 Å². The van der Waals surface area contributed by atoms with Crippen molar-refractivity contribution in [3.63, 3.8) is 0 Å². The lowest BCUT2D eigenvalue weighted by atomic mass is 10.2. The Morgan fingerprint density at radius 2 is 1.73 bits per heavy atom. The summed E-state index contributed by atoms with van der Waals surface area (Å²) in [4.78, 5) is 24.9. The summed E-state index contributed by atoms with van der Waals surface area (Å²) in [5, 5.41) is 2.41. The van der Waals surface area contributed by atoms with Gasteiger partial charge >= 0.3 is 12.6 Å². The molecule has 1 atom stereocenters. The smallest absolute Gasteiger partial charge is 0.387 e. The molecule has 2 aromatic rings. The fraction of sp³-hybridized carbons (Fsp3) is 0.222. The van der Waals surface area contributed by atoms with Crippen LogP contribution in [0.15, 0.2) is 59.5 Å². The molecule has 1 amide bonds. The number of hydrogen-bond donors (Lipinski definition) is 1. The van der Waals surface area contributed by atoms with Gasteiger partial charge in [0.15, 0.2) is 6.10 Å². The van der Waals surface area contributed by atoms with E-state index in [0.29, 0.717) is 0 Å². The zero-order chi connectivity index (χ0) is 18.9. The summed E-state index contributed by atoms with van der Waals surface area (Å²) in [7, 11) is 0. The lowest BCUT2D eigenvalue weighted by Gasteiger charge is -2.15. The number of hydrogen-bond acceptors (Lipinski definition) is 5. The van der Waals surface area contributed by atoms with Crippen molar-refractivity contribution in [3.8, 4) is 5.75 Å². The minimum absolute atomic E-state index is 0.0483. The van der Waals surface area contributed by atoms with Crippen molar-refractivity contribution >= 4 is 29.3 Å². The van der Waals surface area contributed by atoms with Crippen LogP contribution in [0.5, 0.6) is 5.75 Å². The highest BCUT2D eigenvalue weighted by molar-refractivity contribution is 8.00. The first-order chi connectivity index (χ1) is 12.5. The molecule has 5 nitrogen and oxygen atoms in total. The van der Waals surface area contributed by atoms with Crippen LogP contribution in [0, 0.1) is 0 Å². The number of nitrogens with one attached hydrogen (secondary N) is 1. The maximum absolute atomic E-state index is 12.4. The predicted octanol–water partition coefficient (Wildman–Crippen LogP) is 3.95. The van der Waals surface area contributed by atoms with Crippen LogP contribution >= 0.6 is 11.8 Å². The molecule has 0 fully saturated rings. The van der Waals surface area contributed by atoms with E-state index >= 15 is 0 Å². The molecule has 0 saturated heterocycles. The summed E-state index contributed by atoms with van der Waals surface area (Å²) in [6.07, 6.45) is -1.08. The van der Waals surface area contributed by atoms with E-state index < -0.39 is 24.6 Å². The van der Waals surface area contributed by atoms with Gasteiger partial charge in [0.1, 0.15) is 5.75 Å². The Morgan fingerprint density at radius 3 is 2.42 bits per heavy atom. The van der Waals surface area contributed by atoms with Gasteiger partial charge in [-0.3, -0.25) is 9.59 Å². The number of ether oxygens (including phenoxy) is 2. The number of halogens is 2. The van der Waals surface area contributed by atoms with Crippen LogP contribution in [0.4, 0.5) is 14.5 Å². The number of carbonyl (C=O) groups excluding carboxylic acids is 2. The Kier molecular flexibility index (Phi) is 7.40. The average molecular weight is 381 g/mol. The van der Waals surface area contributed by atoms with Crippen LogP contribution in [-0.4, -0.2) is 30.3 Å². The Labute approximate surface area is 153 Å². The molecule has 138 valence electrons. The third-order valence-electron chi connectivity index (χ3n) is 3.14. The molecule has 0 saturated carbocycles. The van der Waals surface area contributed by atoms with Gasteiger partial charge in [0.2, 0.25) is 0 Å². The summed E-state index contributed by atoms with van der Waals surface area (Å²) in [6.45, 7) is -1.62. The number of benzene rings is 2. The second-order valence-corrected chi connectivity index (χ2v) is 6.15. The number of thioether (sulfide) groups is 1. The molecule has 2 rings (SSSR count). The maximum Gasteiger partial charge on any atom is 0.387 e. The highest BCUT2D eigenvalue weighted by Crippen LogP contribution is 2.25. The van der Waals surface area contributed by atoms with Crippen molar-refractivity contribution in [1.82, 2.24) is 0 Å². The van der Waals surface area contributed by atoms with E-state index in [2.05, 4.69) is 10.1 Å². The number of esters is 1. The molecule has 0 aromatic heterocycles. The normalized spacial score (nSPS) is 11.7. The van der Waals surface area contributed by atoms with Gasteiger partial charge in [-0.1, -0.05) is 30.3 Å². The first-order valence-corrected chi connectivity index (χ1v) is 8.66. The second-order valence-electron chi connectivity index (χ2n) is 5.10. The quantitative estimate of drug-likeness (QED) is 0.554. The molecule has 0 aliphatic rings. The van der Waals surface area contributed by atoms with Crippen molar-refractivity contribution in [3.05, 3.63) is 54.6 Å². The highest BCUT2D eigenvalue weighted by atomic mass is 32.2. The molecule has 26 heavy (non-hydrogen) atoms. The van der Waals surface area contributed by atoms with Gasteiger partial charge in [0.25, 0.3) is 5.91 Å². The molecule has 0 unspecified atom stereocenters. The number of carbonyl (C=O) groups is 2. The largest absolute Gasteiger partial charge is 0.452 e. The maximum atomic E-state index is 12.4. The third kappa shape index (κ3) is 6.36. The van der Waals surface area contributed by atoms with Crippen molar-refractivity contribution < 1.29 is 27.8 Å². The van der Waals surface area contributed by atoms with Crippen molar-refractivity contribution in [1.29, 1.82) is 0 Å². The Balaban J connectivity index is 1.86. The minimum Gasteiger partial charge on any atom is -0.452 e. The van der Waals surface area contributed by atoms with Crippen LogP contribution < -0.4 is 10.1 Å². The van der Waals surface area contributed by atoms with E-state index in [4.69, 9.17) is 4.74 Å². The molecule has 1 N–H and O–H groups in total. The van der Waals surface area contributed by atoms with E-state index in [1.165, 1.54) is 36.9 Å². The SMILES string of the molecule is C[C@@H](OC(=O)CSc1ccccc1)C(=O)Nc1ccccc1OC(F)F. The second kappa shape index (κ2) is 9.76.